The molecule has 4 heteroatoms. The zero-order valence-electron chi connectivity index (χ0n) is 10.6. The number of benzene rings is 2. The highest BCUT2D eigenvalue weighted by Crippen LogP contribution is 2.34. The summed E-state index contributed by atoms with van der Waals surface area (Å²) in [6.45, 7) is 0. The van der Waals surface area contributed by atoms with Crippen LogP contribution in [0.5, 0.6) is 0 Å². The Balaban J connectivity index is 2.66. The van der Waals surface area contributed by atoms with Gasteiger partial charge in [0.2, 0.25) is 5.60 Å². The summed E-state index contributed by atoms with van der Waals surface area (Å²) in [6, 6.07) is 18.2. The summed E-state index contributed by atoms with van der Waals surface area (Å²) in [6.07, 6.45) is 0. The van der Waals surface area contributed by atoms with E-state index in [1.54, 1.807) is 24.3 Å². The number of carbonyl (C=O) groups is 1. The Hall–Kier alpha value is -2.17. The molecule has 98 valence electrons. The van der Waals surface area contributed by atoms with Crippen LogP contribution >= 0.6 is 0 Å². The van der Waals surface area contributed by atoms with Crippen molar-refractivity contribution in [2.24, 2.45) is 5.90 Å². The van der Waals surface area contributed by atoms with E-state index in [2.05, 4.69) is 4.84 Å². The van der Waals surface area contributed by atoms with Gasteiger partial charge in [-0.3, -0.25) is 0 Å². The highest BCUT2D eigenvalue weighted by atomic mass is 16.7. The van der Waals surface area contributed by atoms with Crippen LogP contribution in [-0.2, 0) is 20.0 Å². The number of rotatable bonds is 4. The molecule has 0 spiro atoms. The van der Waals surface area contributed by atoms with Crippen LogP contribution in [0.4, 0.5) is 0 Å². The van der Waals surface area contributed by atoms with Crippen LogP contribution in [0.1, 0.15) is 11.1 Å². The molecule has 4 nitrogen and oxygen atoms in total. The van der Waals surface area contributed by atoms with Crippen LogP contribution < -0.4 is 5.90 Å². The molecule has 19 heavy (non-hydrogen) atoms. The van der Waals surface area contributed by atoms with E-state index in [9.17, 15) is 4.79 Å². The minimum Gasteiger partial charge on any atom is -0.371 e. The van der Waals surface area contributed by atoms with Crippen molar-refractivity contribution >= 4 is 5.97 Å². The first-order valence-electron chi connectivity index (χ1n) is 5.83. The second-order valence-corrected chi connectivity index (χ2v) is 4.02. The Morgan fingerprint density at radius 1 is 0.947 bits per heavy atom. The van der Waals surface area contributed by atoms with Crippen molar-refractivity contribution in [2.45, 2.75) is 5.60 Å². The Labute approximate surface area is 111 Å². The molecule has 2 N–H and O–H groups in total. The van der Waals surface area contributed by atoms with Gasteiger partial charge in [-0.15, -0.1) is 0 Å². The van der Waals surface area contributed by atoms with Gasteiger partial charge in [0.1, 0.15) is 0 Å². The SMILES string of the molecule is COC(C(=O)ON)(c1ccccc1)c1ccccc1. The third-order valence-corrected chi connectivity index (χ3v) is 3.06. The van der Waals surface area contributed by atoms with Gasteiger partial charge in [-0.1, -0.05) is 60.7 Å². The van der Waals surface area contributed by atoms with E-state index in [0.717, 1.165) is 0 Å². The van der Waals surface area contributed by atoms with Crippen molar-refractivity contribution in [1.82, 2.24) is 0 Å². The van der Waals surface area contributed by atoms with Gasteiger partial charge < -0.3 is 9.57 Å². The first-order chi connectivity index (χ1) is 9.25. The predicted molar refractivity (Wildman–Crippen MR) is 71.0 cm³/mol. The number of ether oxygens (including phenoxy) is 1. The van der Waals surface area contributed by atoms with E-state index < -0.39 is 11.6 Å². The summed E-state index contributed by atoms with van der Waals surface area (Å²) in [5.41, 5.74) is -0.0182. The first kappa shape index (κ1) is 13.3. The summed E-state index contributed by atoms with van der Waals surface area (Å²) in [7, 11) is 1.46. The van der Waals surface area contributed by atoms with Crippen molar-refractivity contribution in [2.75, 3.05) is 7.11 Å². The lowest BCUT2D eigenvalue weighted by Gasteiger charge is -2.30. The fourth-order valence-electron chi connectivity index (χ4n) is 2.15. The van der Waals surface area contributed by atoms with Crippen LogP contribution in [0.3, 0.4) is 0 Å². The van der Waals surface area contributed by atoms with Gasteiger partial charge in [-0.2, -0.15) is 5.90 Å². The van der Waals surface area contributed by atoms with Gasteiger partial charge in [0.05, 0.1) is 0 Å². The molecule has 0 aromatic heterocycles. The van der Waals surface area contributed by atoms with Crippen molar-refractivity contribution < 1.29 is 14.4 Å². The molecule has 0 atom stereocenters. The second-order valence-electron chi connectivity index (χ2n) is 4.02. The average molecular weight is 257 g/mol. The number of carbonyl (C=O) groups excluding carboxylic acids is 1. The molecule has 0 saturated heterocycles. The summed E-state index contributed by atoms with van der Waals surface area (Å²) < 4.78 is 5.51. The van der Waals surface area contributed by atoms with E-state index in [0.29, 0.717) is 11.1 Å². The van der Waals surface area contributed by atoms with E-state index in [1.165, 1.54) is 7.11 Å². The van der Waals surface area contributed by atoms with Crippen LogP contribution in [-0.4, -0.2) is 13.1 Å². The molecule has 0 fully saturated rings. The van der Waals surface area contributed by atoms with E-state index in [-0.39, 0.29) is 0 Å². The molecular weight excluding hydrogens is 242 g/mol. The Kier molecular flexibility index (Phi) is 3.94. The highest BCUT2D eigenvalue weighted by Gasteiger charge is 2.44. The monoisotopic (exact) mass is 257 g/mol. The largest absolute Gasteiger partial charge is 0.371 e. The quantitative estimate of drug-likeness (QED) is 0.851. The zero-order chi connectivity index (χ0) is 13.7. The predicted octanol–water partition coefficient (Wildman–Crippen LogP) is 1.99. The molecule has 0 bridgehead atoms. The standard InChI is InChI=1S/C15H15NO3/c1-18-15(14(17)19-16,12-8-4-2-5-9-12)13-10-6-3-7-11-13/h2-11H,16H2,1H3. The summed E-state index contributed by atoms with van der Waals surface area (Å²) in [4.78, 5) is 16.6. The molecular formula is C15H15NO3. The molecule has 2 aromatic carbocycles. The minimum absolute atomic E-state index is 0.660. The maximum Gasteiger partial charge on any atom is 0.366 e. The van der Waals surface area contributed by atoms with E-state index in [1.807, 2.05) is 36.4 Å². The molecule has 0 aliphatic heterocycles. The van der Waals surface area contributed by atoms with Crippen LogP contribution in [0, 0.1) is 0 Å². The van der Waals surface area contributed by atoms with Crippen molar-refractivity contribution in [3.63, 3.8) is 0 Å². The van der Waals surface area contributed by atoms with E-state index >= 15 is 0 Å². The molecule has 0 amide bonds. The average Bonchev–Trinajstić information content (AvgIpc) is 2.50. The van der Waals surface area contributed by atoms with Crippen LogP contribution in [0.15, 0.2) is 60.7 Å². The highest BCUT2D eigenvalue weighted by molar-refractivity contribution is 5.85. The van der Waals surface area contributed by atoms with Crippen molar-refractivity contribution in [3.05, 3.63) is 71.8 Å². The molecule has 0 unspecified atom stereocenters. The van der Waals surface area contributed by atoms with Gasteiger partial charge in [0.25, 0.3) is 0 Å². The fourth-order valence-corrected chi connectivity index (χ4v) is 2.15. The van der Waals surface area contributed by atoms with Gasteiger partial charge in [-0.25, -0.2) is 4.79 Å². The number of methoxy groups -OCH3 is 1. The lowest BCUT2D eigenvalue weighted by molar-refractivity contribution is -0.166. The second kappa shape index (κ2) is 5.65. The number of hydrogen-bond donors (Lipinski definition) is 1. The minimum atomic E-state index is -1.35. The lowest BCUT2D eigenvalue weighted by Crippen LogP contribution is -2.41. The normalized spacial score (nSPS) is 11.1. The molecule has 0 saturated carbocycles. The van der Waals surface area contributed by atoms with Crippen LogP contribution in [0.25, 0.3) is 0 Å². The van der Waals surface area contributed by atoms with Crippen LogP contribution in [0.2, 0.25) is 0 Å². The Morgan fingerprint density at radius 3 is 1.68 bits per heavy atom. The lowest BCUT2D eigenvalue weighted by atomic mass is 9.86. The van der Waals surface area contributed by atoms with Gasteiger partial charge in [0, 0.05) is 7.11 Å². The number of hydrogen-bond acceptors (Lipinski definition) is 4. The maximum absolute atomic E-state index is 12.2. The van der Waals surface area contributed by atoms with Crippen molar-refractivity contribution in [3.8, 4) is 0 Å². The Morgan fingerprint density at radius 2 is 1.37 bits per heavy atom. The zero-order valence-corrected chi connectivity index (χ0v) is 10.6. The topological polar surface area (TPSA) is 61.5 Å². The first-order valence-corrected chi connectivity index (χ1v) is 5.83. The summed E-state index contributed by atoms with van der Waals surface area (Å²) >= 11 is 0. The molecule has 2 aromatic rings. The third kappa shape index (κ3) is 2.23. The molecule has 2 rings (SSSR count). The third-order valence-electron chi connectivity index (χ3n) is 3.06. The maximum atomic E-state index is 12.2. The Bertz CT molecular complexity index is 500. The van der Waals surface area contributed by atoms with Gasteiger partial charge in [-0.05, 0) is 11.1 Å². The summed E-state index contributed by atoms with van der Waals surface area (Å²) in [5, 5.41) is 0. The molecule has 0 aliphatic carbocycles. The molecule has 0 heterocycles. The summed E-state index contributed by atoms with van der Waals surface area (Å²) in [5.74, 6) is 4.42. The van der Waals surface area contributed by atoms with Gasteiger partial charge in [0.15, 0.2) is 0 Å². The fraction of sp³-hybridized carbons (Fsp3) is 0.133. The smallest absolute Gasteiger partial charge is 0.366 e. The van der Waals surface area contributed by atoms with E-state index in [4.69, 9.17) is 10.6 Å². The van der Waals surface area contributed by atoms with Gasteiger partial charge >= 0.3 is 5.97 Å². The molecule has 0 aliphatic rings. The molecule has 0 radical (unpaired) electrons. The number of nitrogens with two attached hydrogens (primary N) is 1. The van der Waals surface area contributed by atoms with Crippen molar-refractivity contribution in [1.29, 1.82) is 0 Å².